The van der Waals surface area contributed by atoms with Gasteiger partial charge in [-0.1, -0.05) is 36.4 Å². The monoisotopic (exact) mass is 333 g/mol. The number of aromatic nitrogens is 2. The molecule has 0 spiro atoms. The number of carbonyl (C=O) groups is 1. The number of para-hydroxylation sites is 1. The molecule has 2 aromatic carbocycles. The van der Waals surface area contributed by atoms with Crippen molar-refractivity contribution in [2.45, 2.75) is 31.7 Å². The second-order valence-electron chi connectivity index (χ2n) is 6.39. The molecule has 0 bridgehead atoms. The third kappa shape index (κ3) is 3.18. The standard InChI is InChI=1S/C20H19N3O2/c24-19(22-17-10-9-13-5-1-2-6-14(13)17)12-11-18-21-16-8-4-3-7-15(16)20(25)23-18/h1-8,17H,9-12H2,(H,22,24)(H,21,23,25)/t17-/m0/s1. The Kier molecular flexibility index (Phi) is 4.06. The van der Waals surface area contributed by atoms with Gasteiger partial charge in [-0.05, 0) is 36.1 Å². The molecule has 2 N–H and O–H groups in total. The lowest BCUT2D eigenvalue weighted by molar-refractivity contribution is -0.121. The maximum atomic E-state index is 12.3. The van der Waals surface area contributed by atoms with Gasteiger partial charge >= 0.3 is 0 Å². The predicted octanol–water partition coefficient (Wildman–Crippen LogP) is 2.66. The first-order valence-corrected chi connectivity index (χ1v) is 8.56. The second-order valence-corrected chi connectivity index (χ2v) is 6.39. The van der Waals surface area contributed by atoms with Crippen LogP contribution in [0.3, 0.4) is 0 Å². The quantitative estimate of drug-likeness (QED) is 0.771. The molecule has 126 valence electrons. The van der Waals surface area contributed by atoms with Crippen molar-refractivity contribution in [3.63, 3.8) is 0 Å². The van der Waals surface area contributed by atoms with Crippen molar-refractivity contribution in [2.75, 3.05) is 0 Å². The molecule has 1 heterocycles. The molecule has 0 unspecified atom stereocenters. The van der Waals surface area contributed by atoms with Crippen LogP contribution in [-0.4, -0.2) is 15.9 Å². The predicted molar refractivity (Wildman–Crippen MR) is 96.3 cm³/mol. The van der Waals surface area contributed by atoms with Crippen LogP contribution in [0.1, 0.15) is 35.8 Å². The summed E-state index contributed by atoms with van der Waals surface area (Å²) >= 11 is 0. The normalized spacial score (nSPS) is 15.9. The molecule has 0 radical (unpaired) electrons. The number of amides is 1. The molecular weight excluding hydrogens is 314 g/mol. The van der Waals surface area contributed by atoms with Crippen molar-refractivity contribution in [3.05, 3.63) is 75.8 Å². The van der Waals surface area contributed by atoms with Gasteiger partial charge in [0.2, 0.25) is 5.91 Å². The Balaban J connectivity index is 1.42. The highest BCUT2D eigenvalue weighted by Gasteiger charge is 2.23. The molecule has 3 aromatic rings. The van der Waals surface area contributed by atoms with Gasteiger partial charge in [-0.15, -0.1) is 0 Å². The summed E-state index contributed by atoms with van der Waals surface area (Å²) in [7, 11) is 0. The van der Waals surface area contributed by atoms with Gasteiger partial charge in [0, 0.05) is 12.8 Å². The van der Waals surface area contributed by atoms with Crippen molar-refractivity contribution < 1.29 is 4.79 Å². The van der Waals surface area contributed by atoms with E-state index in [1.807, 2.05) is 30.3 Å². The van der Waals surface area contributed by atoms with Gasteiger partial charge in [-0.3, -0.25) is 9.59 Å². The Morgan fingerprint density at radius 3 is 2.88 bits per heavy atom. The number of nitrogens with zero attached hydrogens (tertiary/aromatic N) is 1. The van der Waals surface area contributed by atoms with Crippen molar-refractivity contribution in [3.8, 4) is 0 Å². The molecule has 0 saturated heterocycles. The van der Waals surface area contributed by atoms with Crippen LogP contribution < -0.4 is 10.9 Å². The Morgan fingerprint density at radius 2 is 1.96 bits per heavy atom. The van der Waals surface area contributed by atoms with E-state index in [0.717, 1.165) is 12.8 Å². The summed E-state index contributed by atoms with van der Waals surface area (Å²) in [5.41, 5.74) is 3.03. The zero-order valence-corrected chi connectivity index (χ0v) is 13.8. The third-order valence-electron chi connectivity index (χ3n) is 4.72. The van der Waals surface area contributed by atoms with Crippen LogP contribution in [0.4, 0.5) is 0 Å². The number of carbonyl (C=O) groups excluding carboxylic acids is 1. The lowest BCUT2D eigenvalue weighted by atomic mass is 10.1. The SMILES string of the molecule is O=C(CCc1nc2ccccc2c(=O)[nH]1)N[C@H]1CCc2ccccc21. The first kappa shape index (κ1) is 15.6. The Bertz CT molecular complexity index is 993. The van der Waals surface area contributed by atoms with Gasteiger partial charge in [0.1, 0.15) is 5.82 Å². The number of fused-ring (bicyclic) bond motifs is 2. The number of aryl methyl sites for hydroxylation is 2. The van der Waals surface area contributed by atoms with E-state index < -0.39 is 0 Å². The average Bonchev–Trinajstić information content (AvgIpc) is 3.03. The minimum absolute atomic E-state index is 0.0162. The first-order valence-electron chi connectivity index (χ1n) is 8.56. The number of hydrogen-bond acceptors (Lipinski definition) is 3. The van der Waals surface area contributed by atoms with E-state index in [1.165, 1.54) is 11.1 Å². The van der Waals surface area contributed by atoms with Crippen molar-refractivity contribution in [1.82, 2.24) is 15.3 Å². The number of aromatic amines is 1. The van der Waals surface area contributed by atoms with Gasteiger partial charge in [-0.2, -0.15) is 0 Å². The molecule has 25 heavy (non-hydrogen) atoms. The van der Waals surface area contributed by atoms with Gasteiger partial charge < -0.3 is 10.3 Å². The zero-order chi connectivity index (χ0) is 17.2. The van der Waals surface area contributed by atoms with Crippen molar-refractivity contribution in [1.29, 1.82) is 0 Å². The Hall–Kier alpha value is -2.95. The smallest absolute Gasteiger partial charge is 0.258 e. The summed E-state index contributed by atoms with van der Waals surface area (Å²) in [5.74, 6) is 0.531. The largest absolute Gasteiger partial charge is 0.349 e. The first-order chi connectivity index (χ1) is 12.2. The maximum absolute atomic E-state index is 12.3. The molecular formula is C20H19N3O2. The van der Waals surface area contributed by atoms with E-state index in [4.69, 9.17) is 0 Å². The fourth-order valence-electron chi connectivity index (χ4n) is 3.46. The Labute approximate surface area is 145 Å². The number of benzene rings is 2. The van der Waals surface area contributed by atoms with Crippen LogP contribution in [0.2, 0.25) is 0 Å². The molecule has 4 rings (SSSR count). The van der Waals surface area contributed by atoms with E-state index in [9.17, 15) is 9.59 Å². The van der Waals surface area contributed by atoms with Crippen LogP contribution >= 0.6 is 0 Å². The molecule has 1 atom stereocenters. The second kappa shape index (κ2) is 6.51. The van der Waals surface area contributed by atoms with Crippen LogP contribution in [0.25, 0.3) is 10.9 Å². The lowest BCUT2D eigenvalue weighted by Crippen LogP contribution is -2.27. The topological polar surface area (TPSA) is 74.8 Å². The fraction of sp³-hybridized carbons (Fsp3) is 0.250. The van der Waals surface area contributed by atoms with Crippen LogP contribution in [0.5, 0.6) is 0 Å². The van der Waals surface area contributed by atoms with Gasteiger partial charge in [0.25, 0.3) is 5.56 Å². The van der Waals surface area contributed by atoms with Crippen molar-refractivity contribution in [2.24, 2.45) is 0 Å². The summed E-state index contributed by atoms with van der Waals surface area (Å²) in [6.45, 7) is 0. The molecule has 1 aliphatic carbocycles. The van der Waals surface area contributed by atoms with Gasteiger partial charge in [-0.25, -0.2) is 4.98 Å². The number of H-pyrrole nitrogens is 1. The number of hydrogen-bond donors (Lipinski definition) is 2. The van der Waals surface area contributed by atoms with Crippen molar-refractivity contribution >= 4 is 16.8 Å². The molecule has 5 nitrogen and oxygen atoms in total. The molecule has 5 heteroatoms. The highest BCUT2D eigenvalue weighted by molar-refractivity contribution is 5.78. The van der Waals surface area contributed by atoms with E-state index >= 15 is 0 Å². The van der Waals surface area contributed by atoms with E-state index in [0.29, 0.717) is 29.6 Å². The zero-order valence-electron chi connectivity index (χ0n) is 13.8. The summed E-state index contributed by atoms with van der Waals surface area (Å²) < 4.78 is 0. The number of rotatable bonds is 4. The average molecular weight is 333 g/mol. The molecule has 1 aliphatic rings. The highest BCUT2D eigenvalue weighted by atomic mass is 16.1. The maximum Gasteiger partial charge on any atom is 0.258 e. The minimum Gasteiger partial charge on any atom is -0.349 e. The summed E-state index contributed by atoms with van der Waals surface area (Å²) in [6.07, 6.45) is 2.66. The molecule has 1 aromatic heterocycles. The van der Waals surface area contributed by atoms with Gasteiger partial charge in [0.05, 0.1) is 16.9 Å². The van der Waals surface area contributed by atoms with E-state index in [-0.39, 0.29) is 17.5 Å². The summed E-state index contributed by atoms with van der Waals surface area (Å²) in [4.78, 5) is 31.6. The van der Waals surface area contributed by atoms with Crippen LogP contribution in [-0.2, 0) is 17.6 Å². The van der Waals surface area contributed by atoms with E-state index in [1.54, 1.807) is 6.07 Å². The van der Waals surface area contributed by atoms with Gasteiger partial charge in [0.15, 0.2) is 0 Å². The molecule has 0 fully saturated rings. The Morgan fingerprint density at radius 1 is 1.16 bits per heavy atom. The summed E-state index contributed by atoms with van der Waals surface area (Å²) in [6, 6.07) is 15.5. The van der Waals surface area contributed by atoms with Crippen LogP contribution in [0, 0.1) is 0 Å². The van der Waals surface area contributed by atoms with Crippen LogP contribution in [0.15, 0.2) is 53.3 Å². The minimum atomic E-state index is -0.161. The molecule has 1 amide bonds. The fourth-order valence-corrected chi connectivity index (χ4v) is 3.46. The third-order valence-corrected chi connectivity index (χ3v) is 4.72. The number of nitrogens with one attached hydrogen (secondary N) is 2. The highest BCUT2D eigenvalue weighted by Crippen LogP contribution is 2.30. The molecule has 0 saturated carbocycles. The lowest BCUT2D eigenvalue weighted by Gasteiger charge is -2.14. The van der Waals surface area contributed by atoms with E-state index in [2.05, 4.69) is 27.4 Å². The summed E-state index contributed by atoms with van der Waals surface area (Å²) in [5, 5.41) is 3.67. The molecule has 0 aliphatic heterocycles.